The summed E-state index contributed by atoms with van der Waals surface area (Å²) in [5.41, 5.74) is 8.23. The Bertz CT molecular complexity index is 374. The highest BCUT2D eigenvalue weighted by molar-refractivity contribution is 5.81. The zero-order valence-corrected chi connectivity index (χ0v) is 10.9. The van der Waals surface area contributed by atoms with Crippen LogP contribution in [0.2, 0.25) is 0 Å². The normalized spacial score (nSPS) is 12.5. The van der Waals surface area contributed by atoms with Crippen molar-refractivity contribution in [2.75, 3.05) is 6.54 Å². The zero-order valence-electron chi connectivity index (χ0n) is 10.9. The molecule has 3 nitrogen and oxygen atoms in total. The molecule has 3 heteroatoms. The second kappa shape index (κ2) is 6.40. The van der Waals surface area contributed by atoms with E-state index in [0.29, 0.717) is 6.54 Å². The third kappa shape index (κ3) is 4.57. The summed E-state index contributed by atoms with van der Waals surface area (Å²) in [5, 5.41) is 2.87. The molecule has 0 aliphatic rings. The van der Waals surface area contributed by atoms with Crippen LogP contribution in [0.15, 0.2) is 24.3 Å². The summed E-state index contributed by atoms with van der Waals surface area (Å²) >= 11 is 0. The van der Waals surface area contributed by atoms with Crippen LogP contribution in [0.25, 0.3) is 0 Å². The first-order chi connectivity index (χ1) is 8.00. The van der Waals surface area contributed by atoms with Gasteiger partial charge in [-0.05, 0) is 24.8 Å². The van der Waals surface area contributed by atoms with Crippen LogP contribution in [0.1, 0.15) is 25.0 Å². The summed E-state index contributed by atoms with van der Waals surface area (Å²) in [7, 11) is 0. The van der Waals surface area contributed by atoms with E-state index in [0.717, 1.165) is 6.42 Å². The van der Waals surface area contributed by atoms with Crippen LogP contribution in [0.5, 0.6) is 0 Å². The third-order valence-corrected chi connectivity index (χ3v) is 2.82. The number of nitrogens with one attached hydrogen (secondary N) is 1. The van der Waals surface area contributed by atoms with Gasteiger partial charge >= 0.3 is 0 Å². The van der Waals surface area contributed by atoms with Crippen molar-refractivity contribution in [3.05, 3.63) is 35.4 Å². The molecule has 0 spiro atoms. The number of amides is 1. The Morgan fingerprint density at radius 3 is 2.71 bits per heavy atom. The van der Waals surface area contributed by atoms with Crippen LogP contribution in [-0.2, 0) is 11.2 Å². The number of carbonyl (C=O) groups is 1. The molecular formula is C14H22N2O. The van der Waals surface area contributed by atoms with E-state index >= 15 is 0 Å². The summed E-state index contributed by atoms with van der Waals surface area (Å²) in [4.78, 5) is 11.6. The predicted molar refractivity (Wildman–Crippen MR) is 70.7 cm³/mol. The Morgan fingerprint density at radius 1 is 1.41 bits per heavy atom. The Hall–Kier alpha value is -1.35. The Kier molecular flexibility index (Phi) is 5.16. The van der Waals surface area contributed by atoms with Crippen LogP contribution >= 0.6 is 0 Å². The van der Waals surface area contributed by atoms with Crippen LogP contribution in [-0.4, -0.2) is 18.5 Å². The molecule has 0 aromatic heterocycles. The molecule has 0 fully saturated rings. The lowest BCUT2D eigenvalue weighted by Gasteiger charge is -2.15. The van der Waals surface area contributed by atoms with E-state index in [1.165, 1.54) is 11.1 Å². The molecule has 0 unspecified atom stereocenters. The predicted octanol–water partition coefficient (Wildman–Crippen LogP) is 1.64. The average Bonchev–Trinajstić information content (AvgIpc) is 2.27. The van der Waals surface area contributed by atoms with E-state index in [9.17, 15) is 4.79 Å². The molecule has 0 aliphatic heterocycles. The summed E-state index contributed by atoms with van der Waals surface area (Å²) < 4.78 is 0. The highest BCUT2D eigenvalue weighted by Crippen LogP contribution is 2.04. The SMILES string of the molecule is Cc1cccc(CCNC(=O)[C@H](N)C(C)C)c1. The van der Waals surface area contributed by atoms with Gasteiger partial charge in [-0.25, -0.2) is 0 Å². The molecule has 0 saturated carbocycles. The smallest absolute Gasteiger partial charge is 0.237 e. The molecule has 0 aliphatic carbocycles. The fourth-order valence-electron chi connectivity index (χ4n) is 1.62. The van der Waals surface area contributed by atoms with Crippen LogP contribution in [0, 0.1) is 12.8 Å². The Morgan fingerprint density at radius 2 is 2.12 bits per heavy atom. The standard InChI is InChI=1S/C14H22N2O/c1-10(2)13(15)14(17)16-8-7-12-6-4-5-11(3)9-12/h4-6,9-10,13H,7-8,15H2,1-3H3,(H,16,17)/t13-/m1/s1. The number of rotatable bonds is 5. The lowest BCUT2D eigenvalue weighted by Crippen LogP contribution is -2.44. The van der Waals surface area contributed by atoms with Gasteiger partial charge in [0.05, 0.1) is 6.04 Å². The second-order valence-corrected chi connectivity index (χ2v) is 4.80. The average molecular weight is 234 g/mol. The van der Waals surface area contributed by atoms with E-state index in [-0.39, 0.29) is 11.8 Å². The highest BCUT2D eigenvalue weighted by atomic mass is 16.2. The Labute approximate surface area is 103 Å². The van der Waals surface area contributed by atoms with Gasteiger partial charge in [0.25, 0.3) is 0 Å². The lowest BCUT2D eigenvalue weighted by molar-refractivity contribution is -0.123. The zero-order chi connectivity index (χ0) is 12.8. The van der Waals surface area contributed by atoms with Gasteiger partial charge in [-0.15, -0.1) is 0 Å². The first kappa shape index (κ1) is 13.7. The summed E-state index contributed by atoms with van der Waals surface area (Å²) in [6.45, 7) is 6.61. The number of hydrogen-bond donors (Lipinski definition) is 2. The van der Waals surface area contributed by atoms with Crippen molar-refractivity contribution < 1.29 is 4.79 Å². The monoisotopic (exact) mass is 234 g/mol. The van der Waals surface area contributed by atoms with Crippen molar-refractivity contribution in [3.8, 4) is 0 Å². The molecule has 0 radical (unpaired) electrons. The van der Waals surface area contributed by atoms with Crippen LogP contribution in [0.4, 0.5) is 0 Å². The maximum absolute atomic E-state index is 11.6. The first-order valence-electron chi connectivity index (χ1n) is 6.09. The van der Waals surface area contributed by atoms with Gasteiger partial charge in [0.2, 0.25) is 5.91 Å². The maximum Gasteiger partial charge on any atom is 0.237 e. The topological polar surface area (TPSA) is 55.1 Å². The molecule has 0 saturated heterocycles. The van der Waals surface area contributed by atoms with Gasteiger partial charge < -0.3 is 11.1 Å². The summed E-state index contributed by atoms with van der Waals surface area (Å²) in [6.07, 6.45) is 0.845. The molecule has 1 aromatic carbocycles. The fraction of sp³-hybridized carbons (Fsp3) is 0.500. The molecule has 0 bridgehead atoms. The molecule has 1 aromatic rings. The molecule has 1 atom stereocenters. The number of benzene rings is 1. The minimum Gasteiger partial charge on any atom is -0.354 e. The van der Waals surface area contributed by atoms with Crippen molar-refractivity contribution in [2.45, 2.75) is 33.2 Å². The van der Waals surface area contributed by atoms with E-state index < -0.39 is 6.04 Å². The van der Waals surface area contributed by atoms with Gasteiger partial charge in [-0.2, -0.15) is 0 Å². The second-order valence-electron chi connectivity index (χ2n) is 4.80. The number of aryl methyl sites for hydroxylation is 1. The van der Waals surface area contributed by atoms with E-state index in [1.54, 1.807) is 0 Å². The third-order valence-electron chi connectivity index (χ3n) is 2.82. The Balaban J connectivity index is 2.35. The molecule has 3 N–H and O–H groups in total. The van der Waals surface area contributed by atoms with Gasteiger partial charge in [0.15, 0.2) is 0 Å². The maximum atomic E-state index is 11.6. The lowest BCUT2D eigenvalue weighted by atomic mass is 10.0. The number of hydrogen-bond acceptors (Lipinski definition) is 2. The van der Waals surface area contributed by atoms with Gasteiger partial charge in [0, 0.05) is 6.54 Å². The van der Waals surface area contributed by atoms with E-state index in [4.69, 9.17) is 5.73 Å². The van der Waals surface area contributed by atoms with Gasteiger partial charge in [-0.3, -0.25) is 4.79 Å². The van der Waals surface area contributed by atoms with Crippen LogP contribution in [0.3, 0.4) is 0 Å². The molecular weight excluding hydrogens is 212 g/mol. The summed E-state index contributed by atoms with van der Waals surface area (Å²) in [6, 6.07) is 7.90. The molecule has 94 valence electrons. The quantitative estimate of drug-likeness (QED) is 0.813. The van der Waals surface area contributed by atoms with Crippen molar-refractivity contribution in [2.24, 2.45) is 11.7 Å². The molecule has 0 heterocycles. The van der Waals surface area contributed by atoms with Gasteiger partial charge in [-0.1, -0.05) is 43.7 Å². The minimum absolute atomic E-state index is 0.0624. The largest absolute Gasteiger partial charge is 0.354 e. The van der Waals surface area contributed by atoms with Crippen molar-refractivity contribution in [1.29, 1.82) is 0 Å². The van der Waals surface area contributed by atoms with Crippen molar-refractivity contribution >= 4 is 5.91 Å². The number of carbonyl (C=O) groups excluding carboxylic acids is 1. The fourth-order valence-corrected chi connectivity index (χ4v) is 1.62. The van der Waals surface area contributed by atoms with E-state index in [1.807, 2.05) is 19.9 Å². The van der Waals surface area contributed by atoms with Crippen molar-refractivity contribution in [1.82, 2.24) is 5.32 Å². The molecule has 1 rings (SSSR count). The molecule has 17 heavy (non-hydrogen) atoms. The van der Waals surface area contributed by atoms with E-state index in [2.05, 4.69) is 30.4 Å². The van der Waals surface area contributed by atoms with Gasteiger partial charge in [0.1, 0.15) is 0 Å². The van der Waals surface area contributed by atoms with Crippen molar-refractivity contribution in [3.63, 3.8) is 0 Å². The minimum atomic E-state index is -0.410. The highest BCUT2D eigenvalue weighted by Gasteiger charge is 2.16. The molecule has 1 amide bonds. The summed E-state index contributed by atoms with van der Waals surface area (Å²) in [5.74, 6) is 0.113. The van der Waals surface area contributed by atoms with Crippen LogP contribution < -0.4 is 11.1 Å². The number of nitrogens with two attached hydrogens (primary N) is 1. The first-order valence-corrected chi connectivity index (χ1v) is 6.09.